The van der Waals surface area contributed by atoms with Crippen LogP contribution in [-0.4, -0.2) is 25.7 Å². The molecule has 0 radical (unpaired) electrons. The number of nitrogens with one attached hydrogen (secondary N) is 3. The van der Waals surface area contributed by atoms with Crippen LogP contribution >= 0.6 is 15.9 Å². The number of benzene rings is 10. The summed E-state index contributed by atoms with van der Waals surface area (Å²) in [7, 11) is 0. The smallest absolute Gasteiger partial charge is 0.281 e. The second kappa shape index (κ2) is 18.8. The van der Waals surface area contributed by atoms with Crippen LogP contribution in [0.15, 0.2) is 226 Å². The quantitative estimate of drug-likeness (QED) is 0.0672. The second-order valence-electron chi connectivity index (χ2n) is 17.0. The molecule has 0 atom stereocenters. The molecule has 0 saturated carbocycles. The second-order valence-corrected chi connectivity index (χ2v) is 17.9. The van der Waals surface area contributed by atoms with Crippen molar-refractivity contribution in [2.75, 3.05) is 0 Å². The van der Waals surface area contributed by atoms with Crippen molar-refractivity contribution in [1.82, 2.24) is 15.0 Å². The van der Waals surface area contributed by atoms with Gasteiger partial charge >= 0.3 is 0 Å². The highest BCUT2D eigenvalue weighted by molar-refractivity contribution is 9.10. The van der Waals surface area contributed by atoms with E-state index in [1.807, 2.05) is 164 Å². The number of aromatic amines is 2. The van der Waals surface area contributed by atoms with Crippen molar-refractivity contribution >= 4 is 108 Å². The number of nitrogens with zero attached hydrogens (tertiary/aromatic N) is 3. The summed E-state index contributed by atoms with van der Waals surface area (Å²) in [6.07, 6.45) is 10.9. The Hall–Kier alpha value is -9.52. The summed E-state index contributed by atoms with van der Waals surface area (Å²) >= 11 is 3.31. The first-order valence-corrected chi connectivity index (χ1v) is 23.6. The minimum atomic E-state index is -0.509. The lowest BCUT2D eigenvalue weighted by atomic mass is 9.83. The average molecular weight is 1000 g/mol. The van der Waals surface area contributed by atoms with E-state index < -0.39 is 4.92 Å². The topological polar surface area (TPSA) is 175 Å². The van der Waals surface area contributed by atoms with E-state index in [0.29, 0.717) is 37.8 Å². The van der Waals surface area contributed by atoms with Crippen LogP contribution in [0.1, 0.15) is 15.9 Å². The number of hydrogen-bond acceptors (Lipinski definition) is 8. The van der Waals surface area contributed by atoms with Gasteiger partial charge in [0.05, 0.1) is 32.1 Å². The lowest BCUT2D eigenvalue weighted by molar-refractivity contribution is -0.385. The summed E-state index contributed by atoms with van der Waals surface area (Å²) in [5, 5.41) is 32.0. The molecule has 1 aliphatic carbocycles. The Labute approximate surface area is 416 Å². The number of nitro benzene ring substituents is 1. The summed E-state index contributed by atoms with van der Waals surface area (Å²) in [6, 6.07) is 52.7. The van der Waals surface area contributed by atoms with E-state index in [2.05, 4.69) is 30.9 Å². The average Bonchev–Trinajstić information content (AvgIpc) is 3.42. The van der Waals surface area contributed by atoms with Crippen LogP contribution in [0.4, 0.5) is 11.4 Å². The van der Waals surface area contributed by atoms with Crippen molar-refractivity contribution in [3.05, 3.63) is 264 Å². The van der Waals surface area contributed by atoms with Crippen molar-refractivity contribution in [2.45, 2.75) is 0 Å². The van der Waals surface area contributed by atoms with Crippen LogP contribution in [0.25, 0.3) is 86.5 Å². The molecule has 0 aliphatic heterocycles. The van der Waals surface area contributed by atoms with E-state index >= 15 is 0 Å². The highest BCUT2D eigenvalue weighted by Gasteiger charge is 2.32. The molecule has 1 aliphatic rings. The van der Waals surface area contributed by atoms with Crippen molar-refractivity contribution in [2.24, 2.45) is 4.99 Å². The van der Waals surface area contributed by atoms with Gasteiger partial charge in [-0.25, -0.2) is 4.99 Å². The molecule has 0 spiro atoms. The fourth-order valence-electron chi connectivity index (χ4n) is 9.66. The van der Waals surface area contributed by atoms with Gasteiger partial charge in [0, 0.05) is 102 Å². The van der Waals surface area contributed by atoms with Gasteiger partial charge in [0.1, 0.15) is 5.56 Å². The molecule has 3 N–H and O–H groups in total. The molecule has 0 fully saturated rings. The summed E-state index contributed by atoms with van der Waals surface area (Å²) in [5.74, 6) is -0.304. The standard InChI is InChI=1S/C22H14N2O.C16H8N2O3.C16H10N2O.C6H5Br/c25-22-17-9-5-4-8-16(17)18-13-23-12-14-10-11-19(21(22)20(14)18)24-15-6-2-1-3-7-15;19-16-11-4-2-1-3-10(11)12-8-17-7-9-5-6-13(18(20)21)15(16)14(9)12;17-13-6-5-9-7-18-8-12-10-3-1-2-4-11(10)16(19)15(13)14(9)12;7-6-4-2-1-3-5-6/h1-13,23H;1-8H;1-8,17-18H;1-5H. The Bertz CT molecular complexity index is 4540. The van der Waals surface area contributed by atoms with E-state index in [1.165, 1.54) is 6.07 Å². The third kappa shape index (κ3) is 7.91. The highest BCUT2D eigenvalue weighted by atomic mass is 79.9. The molecule has 3 heterocycles. The number of fused-ring (bicyclic) bond motifs is 6. The number of halogens is 1. The number of para-hydroxylation sites is 1. The van der Waals surface area contributed by atoms with Crippen molar-refractivity contribution in [3.8, 4) is 11.1 Å². The number of ketones is 1. The molecule has 0 unspecified atom stereocenters. The van der Waals surface area contributed by atoms with E-state index in [4.69, 9.17) is 10.4 Å². The van der Waals surface area contributed by atoms with Gasteiger partial charge in [0.2, 0.25) is 5.78 Å². The summed E-state index contributed by atoms with van der Waals surface area (Å²) in [4.78, 5) is 64.5. The molecule has 11 nitrogen and oxygen atoms in total. The van der Waals surface area contributed by atoms with Crippen LogP contribution in [0.2, 0.25) is 0 Å². The van der Waals surface area contributed by atoms with Crippen LogP contribution in [0.5, 0.6) is 0 Å². The number of aromatic nitrogens is 3. The molecule has 3 aromatic heterocycles. The third-order valence-corrected chi connectivity index (χ3v) is 13.4. The molecule has 10 aromatic carbocycles. The number of hydrogen-bond donors (Lipinski definition) is 3. The minimum Gasteiger partial charge on any atom is -0.366 e. The Morgan fingerprint density at radius 1 is 0.486 bits per heavy atom. The van der Waals surface area contributed by atoms with E-state index in [-0.39, 0.29) is 27.9 Å². The van der Waals surface area contributed by atoms with E-state index in [1.54, 1.807) is 36.7 Å². The molecule has 0 bridgehead atoms. The maximum Gasteiger partial charge on any atom is 0.281 e. The summed E-state index contributed by atoms with van der Waals surface area (Å²) in [5.41, 5.74) is 2.85. The Balaban J connectivity index is 0.000000110. The molecule has 14 rings (SSSR count). The molecule has 13 aromatic rings. The van der Waals surface area contributed by atoms with E-state index in [0.717, 1.165) is 75.1 Å². The predicted octanol–water partition coefficient (Wildman–Crippen LogP) is 13.1. The van der Waals surface area contributed by atoms with Gasteiger partial charge in [-0.05, 0) is 69.6 Å². The fourth-order valence-corrected chi connectivity index (χ4v) is 9.97. The molecule has 0 saturated heterocycles. The van der Waals surface area contributed by atoms with Crippen LogP contribution < -0.4 is 21.6 Å². The van der Waals surface area contributed by atoms with Crippen molar-refractivity contribution in [3.63, 3.8) is 0 Å². The maximum absolute atomic E-state index is 13.2. The zero-order valence-corrected chi connectivity index (χ0v) is 39.5. The number of carbonyl (C=O) groups excluding carboxylic acids is 1. The first kappa shape index (κ1) is 45.0. The lowest BCUT2D eigenvalue weighted by Gasteiger charge is -2.18. The summed E-state index contributed by atoms with van der Waals surface area (Å²) in [6.45, 7) is 0. The van der Waals surface area contributed by atoms with Gasteiger partial charge in [-0.2, -0.15) is 0 Å². The Morgan fingerprint density at radius 3 is 1.62 bits per heavy atom. The van der Waals surface area contributed by atoms with Crippen LogP contribution in [0.3, 0.4) is 0 Å². The van der Waals surface area contributed by atoms with Crippen LogP contribution in [0, 0.1) is 15.5 Å². The predicted molar refractivity (Wildman–Crippen MR) is 290 cm³/mol. The van der Waals surface area contributed by atoms with Gasteiger partial charge in [-0.3, -0.25) is 29.5 Å². The normalized spacial score (nSPS) is 11.8. The van der Waals surface area contributed by atoms with Gasteiger partial charge in [-0.1, -0.05) is 137 Å². The van der Waals surface area contributed by atoms with E-state index in [9.17, 15) is 24.5 Å². The van der Waals surface area contributed by atoms with Crippen molar-refractivity contribution in [1.29, 1.82) is 5.41 Å². The number of nitro groups is 1. The number of carbonyl (C=O) groups is 1. The first-order valence-electron chi connectivity index (χ1n) is 22.8. The Kier molecular flexibility index (Phi) is 11.7. The molecule has 344 valence electrons. The Morgan fingerprint density at radius 2 is 1.01 bits per heavy atom. The number of pyridine rings is 3. The number of rotatable bonds is 2. The highest BCUT2D eigenvalue weighted by Crippen LogP contribution is 2.42. The van der Waals surface area contributed by atoms with Crippen LogP contribution in [-0.2, 0) is 0 Å². The largest absolute Gasteiger partial charge is 0.366 e. The molecular weight excluding hydrogens is 965 g/mol. The lowest BCUT2D eigenvalue weighted by Crippen LogP contribution is -2.14. The molecular formula is C60H37BrN6O5. The maximum atomic E-state index is 13.2. The zero-order chi connectivity index (χ0) is 49.5. The fraction of sp³-hybridized carbons (Fsp3) is 0. The molecule has 72 heavy (non-hydrogen) atoms. The van der Waals surface area contributed by atoms with Gasteiger partial charge in [0.15, 0.2) is 10.9 Å². The van der Waals surface area contributed by atoms with Crippen molar-refractivity contribution < 1.29 is 9.72 Å². The SMILES string of the molecule is Brc1ccccc1.N=c1ccc2c[nH]cc3c4ccccc4c(=O)c1c23.O=C1c2ccccc2-c2cncc3ccc([N+](=O)[O-])c1c23.O=c1c2ccccc2c2c[nH]cc3ccc(=Nc4ccccc4)c1c32. The van der Waals surface area contributed by atoms with Gasteiger partial charge in [-0.15, -0.1) is 0 Å². The third-order valence-electron chi connectivity index (χ3n) is 12.8. The monoisotopic (exact) mass is 1000 g/mol. The van der Waals surface area contributed by atoms with Gasteiger partial charge in [0.25, 0.3) is 5.69 Å². The minimum absolute atomic E-state index is 0.0366. The summed E-state index contributed by atoms with van der Waals surface area (Å²) < 4.78 is 1.13. The zero-order valence-electron chi connectivity index (χ0n) is 37.9. The molecule has 0 amide bonds. The molecule has 12 heteroatoms. The number of H-pyrrole nitrogens is 2. The first-order chi connectivity index (χ1) is 35.2. The van der Waals surface area contributed by atoms with Gasteiger partial charge < -0.3 is 15.4 Å².